The van der Waals surface area contributed by atoms with E-state index in [0.29, 0.717) is 18.1 Å². The number of thioether (sulfide) groups is 1. The van der Waals surface area contributed by atoms with Gasteiger partial charge in [-0.15, -0.1) is 11.8 Å². The monoisotopic (exact) mass is 405 g/mol. The van der Waals surface area contributed by atoms with Crippen molar-refractivity contribution in [3.63, 3.8) is 0 Å². The molecule has 0 aliphatic heterocycles. The molecule has 0 bridgehead atoms. The van der Waals surface area contributed by atoms with Crippen LogP contribution in [0.25, 0.3) is 0 Å². The lowest BCUT2D eigenvalue weighted by Gasteiger charge is -2.24. The number of aromatic nitrogens is 1. The summed E-state index contributed by atoms with van der Waals surface area (Å²) in [6.45, 7) is 5.56. The minimum Gasteiger partial charge on any atom is -0.452 e. The summed E-state index contributed by atoms with van der Waals surface area (Å²) in [5.74, 6) is -0.246. The Morgan fingerprint density at radius 2 is 1.96 bits per heavy atom. The molecule has 0 spiro atoms. The number of aryl methyl sites for hydroxylation is 1. The molecule has 1 N–H and O–H groups in total. The van der Waals surface area contributed by atoms with Gasteiger partial charge in [0.2, 0.25) is 5.91 Å². The van der Waals surface area contributed by atoms with Gasteiger partial charge in [0, 0.05) is 18.3 Å². The average molecular weight is 405 g/mol. The number of nitrogens with one attached hydrogen (secondary N) is 1. The maximum Gasteiger partial charge on any atom is 0.316 e. The number of carbonyl (C=O) groups is 3. The minimum atomic E-state index is -0.916. The molecule has 2 amide bonds. The van der Waals surface area contributed by atoms with E-state index in [1.807, 2.05) is 37.3 Å². The summed E-state index contributed by atoms with van der Waals surface area (Å²) >= 11 is 1.09. The number of nitrogens with zero attached hydrogens (tertiary/aromatic N) is 2. The predicted octanol–water partition coefficient (Wildman–Crippen LogP) is 2.64. The van der Waals surface area contributed by atoms with Crippen molar-refractivity contribution in [2.45, 2.75) is 26.9 Å². The van der Waals surface area contributed by atoms with Crippen molar-refractivity contribution in [3.05, 3.63) is 42.2 Å². The zero-order valence-corrected chi connectivity index (χ0v) is 16.8. The molecule has 9 heteroatoms. The van der Waals surface area contributed by atoms with Gasteiger partial charge in [-0.3, -0.25) is 14.4 Å². The highest BCUT2D eigenvalue weighted by Gasteiger charge is 2.24. The fourth-order valence-corrected chi connectivity index (χ4v) is 3.00. The lowest BCUT2D eigenvalue weighted by molar-refractivity contribution is -0.151. The molecule has 0 aliphatic carbocycles. The SMILES string of the molecule is CCN(C(=O)[C@H](C)OC(=O)CSCC(=O)Nc1cc(C)on1)c1ccccc1. The third-order valence-electron chi connectivity index (χ3n) is 3.65. The van der Waals surface area contributed by atoms with Crippen LogP contribution in [0.2, 0.25) is 0 Å². The first-order valence-electron chi connectivity index (χ1n) is 8.77. The van der Waals surface area contributed by atoms with E-state index in [-0.39, 0.29) is 23.3 Å². The van der Waals surface area contributed by atoms with E-state index in [1.165, 1.54) is 6.92 Å². The summed E-state index contributed by atoms with van der Waals surface area (Å²) in [5, 5.41) is 6.22. The zero-order chi connectivity index (χ0) is 20.5. The van der Waals surface area contributed by atoms with Gasteiger partial charge < -0.3 is 19.5 Å². The zero-order valence-electron chi connectivity index (χ0n) is 16.0. The fraction of sp³-hybridized carbons (Fsp3) is 0.368. The highest BCUT2D eigenvalue weighted by molar-refractivity contribution is 8.00. The summed E-state index contributed by atoms with van der Waals surface area (Å²) in [4.78, 5) is 37.9. The number of amides is 2. The summed E-state index contributed by atoms with van der Waals surface area (Å²) in [6, 6.07) is 10.8. The highest BCUT2D eigenvalue weighted by Crippen LogP contribution is 2.15. The van der Waals surface area contributed by atoms with Crippen LogP contribution in [0.3, 0.4) is 0 Å². The molecule has 0 unspecified atom stereocenters. The van der Waals surface area contributed by atoms with Crippen molar-refractivity contribution >= 4 is 41.1 Å². The molecule has 0 fully saturated rings. The molecule has 28 heavy (non-hydrogen) atoms. The first kappa shape index (κ1) is 21.5. The predicted molar refractivity (Wildman–Crippen MR) is 107 cm³/mol. The van der Waals surface area contributed by atoms with Gasteiger partial charge in [-0.25, -0.2) is 0 Å². The van der Waals surface area contributed by atoms with E-state index in [4.69, 9.17) is 9.26 Å². The number of carbonyl (C=O) groups excluding carboxylic acids is 3. The molecular weight excluding hydrogens is 382 g/mol. The van der Waals surface area contributed by atoms with Gasteiger partial charge >= 0.3 is 5.97 Å². The Morgan fingerprint density at radius 1 is 1.25 bits per heavy atom. The Labute approximate surface area is 167 Å². The number of likely N-dealkylation sites (N-methyl/N-ethyl adjacent to an activating group) is 1. The van der Waals surface area contributed by atoms with Crippen molar-refractivity contribution in [2.75, 3.05) is 28.3 Å². The standard InChI is InChI=1S/C19H23N3O5S/c1-4-22(15-8-6-5-7-9-15)19(25)14(3)26-18(24)12-28-11-17(23)20-16-10-13(2)27-21-16/h5-10,14H,4,11-12H2,1-3H3,(H,20,21,23)/t14-/m0/s1. The maximum atomic E-state index is 12.6. The quantitative estimate of drug-likeness (QED) is 0.640. The normalized spacial score (nSPS) is 11.5. The Morgan fingerprint density at radius 3 is 2.57 bits per heavy atom. The van der Waals surface area contributed by atoms with Crippen molar-refractivity contribution < 1.29 is 23.6 Å². The molecule has 0 aliphatic rings. The van der Waals surface area contributed by atoms with Crippen LogP contribution in [-0.2, 0) is 19.1 Å². The number of esters is 1. The van der Waals surface area contributed by atoms with Gasteiger partial charge in [0.1, 0.15) is 5.76 Å². The Hall–Kier alpha value is -2.81. The van der Waals surface area contributed by atoms with E-state index in [9.17, 15) is 14.4 Å². The molecule has 150 valence electrons. The molecule has 1 heterocycles. The second-order valence-corrected chi connectivity index (χ2v) is 6.90. The molecule has 0 saturated heterocycles. The van der Waals surface area contributed by atoms with Gasteiger partial charge in [0.15, 0.2) is 11.9 Å². The van der Waals surface area contributed by atoms with Gasteiger partial charge in [-0.05, 0) is 32.9 Å². The molecule has 2 rings (SSSR count). The van der Waals surface area contributed by atoms with Crippen molar-refractivity contribution in [2.24, 2.45) is 0 Å². The largest absolute Gasteiger partial charge is 0.452 e. The summed E-state index contributed by atoms with van der Waals surface area (Å²) in [7, 11) is 0. The minimum absolute atomic E-state index is 0.0413. The second kappa shape index (κ2) is 10.5. The van der Waals surface area contributed by atoms with Crippen molar-refractivity contribution in [1.29, 1.82) is 0 Å². The number of ether oxygens (including phenoxy) is 1. The summed E-state index contributed by atoms with van der Waals surface area (Å²) in [6.07, 6.45) is -0.916. The number of anilines is 2. The van der Waals surface area contributed by atoms with E-state index in [2.05, 4.69) is 10.5 Å². The number of hydrogen-bond acceptors (Lipinski definition) is 7. The average Bonchev–Trinajstić information content (AvgIpc) is 3.07. The Balaban J connectivity index is 1.75. The maximum absolute atomic E-state index is 12.6. The van der Waals surface area contributed by atoms with Gasteiger partial charge in [-0.2, -0.15) is 0 Å². The second-order valence-electron chi connectivity index (χ2n) is 5.91. The first-order valence-corrected chi connectivity index (χ1v) is 9.93. The van der Waals surface area contributed by atoms with Gasteiger partial charge in [0.05, 0.1) is 11.5 Å². The van der Waals surface area contributed by atoms with E-state index in [1.54, 1.807) is 17.9 Å². The van der Waals surface area contributed by atoms with Gasteiger partial charge in [0.25, 0.3) is 5.91 Å². The number of hydrogen-bond donors (Lipinski definition) is 1. The van der Waals surface area contributed by atoms with E-state index < -0.39 is 12.1 Å². The molecule has 1 aromatic heterocycles. The van der Waals surface area contributed by atoms with Crippen LogP contribution in [0.5, 0.6) is 0 Å². The van der Waals surface area contributed by atoms with Crippen molar-refractivity contribution in [3.8, 4) is 0 Å². The van der Waals surface area contributed by atoms with Gasteiger partial charge in [-0.1, -0.05) is 23.4 Å². The highest BCUT2D eigenvalue weighted by atomic mass is 32.2. The molecule has 0 radical (unpaired) electrons. The molecule has 0 saturated carbocycles. The lowest BCUT2D eigenvalue weighted by Crippen LogP contribution is -2.40. The lowest BCUT2D eigenvalue weighted by atomic mass is 10.2. The summed E-state index contributed by atoms with van der Waals surface area (Å²) < 4.78 is 10.1. The Kier molecular flexibility index (Phi) is 8.06. The fourth-order valence-electron chi connectivity index (χ4n) is 2.41. The molecule has 1 aromatic carbocycles. The third kappa shape index (κ3) is 6.41. The molecule has 8 nitrogen and oxygen atoms in total. The van der Waals surface area contributed by atoms with E-state index in [0.717, 1.165) is 17.4 Å². The Bertz CT molecular complexity index is 809. The van der Waals surface area contributed by atoms with E-state index >= 15 is 0 Å². The van der Waals surface area contributed by atoms with Crippen LogP contribution < -0.4 is 10.2 Å². The number of benzene rings is 1. The number of para-hydroxylation sites is 1. The summed E-state index contributed by atoms with van der Waals surface area (Å²) in [5.41, 5.74) is 0.743. The van der Waals surface area contributed by atoms with Crippen LogP contribution in [0.4, 0.5) is 11.5 Å². The van der Waals surface area contributed by atoms with Crippen LogP contribution in [0.15, 0.2) is 40.9 Å². The third-order valence-corrected chi connectivity index (χ3v) is 4.56. The molecular formula is C19H23N3O5S. The topological polar surface area (TPSA) is 102 Å². The number of rotatable bonds is 9. The van der Waals surface area contributed by atoms with Crippen LogP contribution >= 0.6 is 11.8 Å². The first-order chi connectivity index (χ1) is 13.4. The van der Waals surface area contributed by atoms with Crippen LogP contribution in [-0.4, -0.2) is 47.1 Å². The van der Waals surface area contributed by atoms with Crippen LogP contribution in [0.1, 0.15) is 19.6 Å². The molecule has 1 atom stereocenters. The smallest absolute Gasteiger partial charge is 0.316 e. The van der Waals surface area contributed by atoms with Crippen molar-refractivity contribution in [1.82, 2.24) is 5.16 Å². The van der Waals surface area contributed by atoms with Crippen LogP contribution in [0, 0.1) is 6.92 Å². The molecule has 2 aromatic rings.